The summed E-state index contributed by atoms with van der Waals surface area (Å²) in [5.41, 5.74) is 0.376. The maximum atomic E-state index is 12.2. The van der Waals surface area contributed by atoms with Crippen molar-refractivity contribution in [2.75, 3.05) is 23.2 Å². The van der Waals surface area contributed by atoms with Crippen molar-refractivity contribution in [1.29, 1.82) is 0 Å². The summed E-state index contributed by atoms with van der Waals surface area (Å²) in [6.45, 7) is 1.10. The lowest BCUT2D eigenvalue weighted by Gasteiger charge is -2.16. The number of carbonyl (C=O) groups excluding carboxylic acids is 2. The van der Waals surface area contributed by atoms with Crippen LogP contribution in [-0.4, -0.2) is 45.2 Å². The van der Waals surface area contributed by atoms with Crippen molar-refractivity contribution in [2.45, 2.75) is 25.4 Å². The third-order valence-corrected chi connectivity index (χ3v) is 6.03. The Labute approximate surface area is 145 Å². The molecule has 3 rings (SSSR count). The smallest absolute Gasteiger partial charge is 0.252 e. The van der Waals surface area contributed by atoms with Crippen molar-refractivity contribution in [3.05, 3.63) is 28.8 Å². The number of hydrogen-bond donors (Lipinski definition) is 1. The normalized spacial score (nSPS) is 22.8. The number of sulfonamides is 1. The van der Waals surface area contributed by atoms with E-state index in [-0.39, 0.29) is 40.5 Å². The number of nitrogens with one attached hydrogen (secondary N) is 1. The summed E-state index contributed by atoms with van der Waals surface area (Å²) in [7, 11) is -3.65. The van der Waals surface area contributed by atoms with Crippen LogP contribution in [0.25, 0.3) is 0 Å². The Balaban J connectivity index is 1.74. The van der Waals surface area contributed by atoms with Gasteiger partial charge in [-0.05, 0) is 31.0 Å². The second-order valence-corrected chi connectivity index (χ2v) is 8.08. The van der Waals surface area contributed by atoms with E-state index in [2.05, 4.69) is 5.32 Å². The van der Waals surface area contributed by atoms with E-state index in [0.29, 0.717) is 13.2 Å². The van der Waals surface area contributed by atoms with Gasteiger partial charge in [0.1, 0.15) is 0 Å². The van der Waals surface area contributed by atoms with Gasteiger partial charge in [-0.15, -0.1) is 0 Å². The first-order chi connectivity index (χ1) is 11.4. The molecule has 2 aliphatic heterocycles. The van der Waals surface area contributed by atoms with Gasteiger partial charge in [0.25, 0.3) is 5.91 Å². The highest BCUT2D eigenvalue weighted by molar-refractivity contribution is 7.94. The number of halogens is 1. The Hall–Kier alpha value is -1.64. The molecule has 0 spiro atoms. The molecule has 2 saturated heterocycles. The van der Waals surface area contributed by atoms with Crippen LogP contribution in [-0.2, 0) is 19.6 Å². The Morgan fingerprint density at radius 2 is 2.21 bits per heavy atom. The number of benzene rings is 1. The van der Waals surface area contributed by atoms with Crippen molar-refractivity contribution in [3.8, 4) is 0 Å². The van der Waals surface area contributed by atoms with Gasteiger partial charge in [-0.1, -0.05) is 11.6 Å². The topological polar surface area (TPSA) is 92.8 Å². The third kappa shape index (κ3) is 3.40. The van der Waals surface area contributed by atoms with Crippen LogP contribution in [0.2, 0.25) is 5.02 Å². The minimum absolute atomic E-state index is 0.0133. The Bertz CT molecular complexity index is 774. The summed E-state index contributed by atoms with van der Waals surface area (Å²) in [6, 6.07) is 4.15. The van der Waals surface area contributed by atoms with E-state index in [1.54, 1.807) is 0 Å². The molecule has 1 N–H and O–H groups in total. The molecule has 1 aromatic carbocycles. The van der Waals surface area contributed by atoms with Gasteiger partial charge in [-0.3, -0.25) is 9.59 Å². The van der Waals surface area contributed by atoms with Gasteiger partial charge >= 0.3 is 0 Å². The highest BCUT2D eigenvalue weighted by Gasteiger charge is 2.36. The second-order valence-electron chi connectivity index (χ2n) is 5.73. The fourth-order valence-electron chi connectivity index (χ4n) is 2.79. The standard InChI is InChI=1S/C15H17ClN2O5S/c16-13-8-10(18-14(19)5-7-24(18,21)22)3-4-12(13)15(20)17-9-11-2-1-6-23-11/h3-4,8,11H,1-2,5-7,9H2,(H,17,20)/t11-/m0/s1. The van der Waals surface area contributed by atoms with E-state index in [1.807, 2.05) is 0 Å². The van der Waals surface area contributed by atoms with E-state index in [4.69, 9.17) is 16.3 Å². The summed E-state index contributed by atoms with van der Waals surface area (Å²) in [4.78, 5) is 24.0. The van der Waals surface area contributed by atoms with Crippen LogP contribution in [0.4, 0.5) is 5.69 Å². The largest absolute Gasteiger partial charge is 0.376 e. The van der Waals surface area contributed by atoms with Crippen LogP contribution in [0.5, 0.6) is 0 Å². The molecule has 2 heterocycles. The Morgan fingerprint density at radius 1 is 1.42 bits per heavy atom. The first-order valence-corrected chi connectivity index (χ1v) is 9.62. The van der Waals surface area contributed by atoms with Crippen molar-refractivity contribution >= 4 is 39.1 Å². The van der Waals surface area contributed by atoms with Crippen LogP contribution in [0.3, 0.4) is 0 Å². The van der Waals surface area contributed by atoms with Crippen molar-refractivity contribution in [3.63, 3.8) is 0 Å². The molecule has 1 atom stereocenters. The van der Waals surface area contributed by atoms with Gasteiger partial charge in [0.05, 0.1) is 28.1 Å². The van der Waals surface area contributed by atoms with E-state index >= 15 is 0 Å². The summed E-state index contributed by atoms with van der Waals surface area (Å²) < 4.78 is 30.0. The number of amides is 2. The van der Waals surface area contributed by atoms with Gasteiger partial charge in [0.2, 0.25) is 15.9 Å². The lowest BCUT2D eigenvalue weighted by molar-refractivity contribution is -0.116. The number of carbonyl (C=O) groups is 2. The maximum absolute atomic E-state index is 12.2. The molecule has 1 aromatic rings. The number of nitrogens with zero attached hydrogens (tertiary/aromatic N) is 1. The number of ether oxygens (including phenoxy) is 1. The predicted octanol–water partition coefficient (Wildman–Crippen LogP) is 1.32. The Kier molecular flexibility index (Phi) is 4.80. The monoisotopic (exact) mass is 372 g/mol. The van der Waals surface area contributed by atoms with Gasteiger partial charge in [0.15, 0.2) is 0 Å². The molecule has 0 bridgehead atoms. The molecule has 24 heavy (non-hydrogen) atoms. The maximum Gasteiger partial charge on any atom is 0.252 e. The number of anilines is 1. The first-order valence-electron chi connectivity index (χ1n) is 7.64. The molecule has 0 aromatic heterocycles. The quantitative estimate of drug-likeness (QED) is 0.860. The van der Waals surface area contributed by atoms with Crippen molar-refractivity contribution in [2.24, 2.45) is 0 Å². The first kappa shape index (κ1) is 17.2. The molecule has 0 radical (unpaired) electrons. The molecule has 2 aliphatic rings. The molecule has 2 amide bonds. The van der Waals surface area contributed by atoms with E-state index in [0.717, 1.165) is 17.1 Å². The fourth-order valence-corrected chi connectivity index (χ4v) is 4.50. The zero-order chi connectivity index (χ0) is 17.3. The Morgan fingerprint density at radius 3 is 2.79 bits per heavy atom. The summed E-state index contributed by atoms with van der Waals surface area (Å²) in [6.07, 6.45) is 1.85. The molecule has 0 unspecified atom stereocenters. The van der Waals surface area contributed by atoms with Crippen LogP contribution >= 0.6 is 11.6 Å². The SMILES string of the molecule is O=C(NC[C@@H]1CCCO1)c1ccc(N2C(=O)CCS2(=O)=O)cc1Cl. The average molecular weight is 373 g/mol. The number of rotatable bonds is 4. The molecular formula is C15H17ClN2O5S. The molecule has 130 valence electrons. The van der Waals surface area contributed by atoms with Crippen LogP contribution < -0.4 is 9.62 Å². The van der Waals surface area contributed by atoms with Gasteiger partial charge in [-0.2, -0.15) is 0 Å². The molecule has 9 heteroatoms. The predicted molar refractivity (Wildman–Crippen MR) is 88.6 cm³/mol. The lowest BCUT2D eigenvalue weighted by atomic mass is 10.1. The molecule has 7 nitrogen and oxygen atoms in total. The van der Waals surface area contributed by atoms with Gasteiger partial charge in [-0.25, -0.2) is 12.7 Å². The lowest BCUT2D eigenvalue weighted by Crippen LogP contribution is -2.32. The van der Waals surface area contributed by atoms with Gasteiger partial charge < -0.3 is 10.1 Å². The number of hydrogen-bond acceptors (Lipinski definition) is 5. The second kappa shape index (κ2) is 6.70. The van der Waals surface area contributed by atoms with E-state index < -0.39 is 15.9 Å². The van der Waals surface area contributed by atoms with Crippen molar-refractivity contribution in [1.82, 2.24) is 5.32 Å². The highest BCUT2D eigenvalue weighted by atomic mass is 35.5. The van der Waals surface area contributed by atoms with Crippen LogP contribution in [0, 0.1) is 0 Å². The highest BCUT2D eigenvalue weighted by Crippen LogP contribution is 2.29. The van der Waals surface area contributed by atoms with E-state index in [1.165, 1.54) is 18.2 Å². The minimum Gasteiger partial charge on any atom is -0.376 e. The zero-order valence-corrected chi connectivity index (χ0v) is 14.4. The molecule has 0 saturated carbocycles. The summed E-state index contributed by atoms with van der Waals surface area (Å²) in [5, 5.41) is 2.84. The molecule has 2 fully saturated rings. The molecular weight excluding hydrogens is 356 g/mol. The molecule has 0 aliphatic carbocycles. The van der Waals surface area contributed by atoms with Crippen LogP contribution in [0.1, 0.15) is 29.6 Å². The average Bonchev–Trinajstić information content (AvgIpc) is 3.13. The summed E-state index contributed by atoms with van der Waals surface area (Å²) in [5.74, 6) is -1.08. The van der Waals surface area contributed by atoms with Gasteiger partial charge in [0, 0.05) is 19.6 Å². The van der Waals surface area contributed by atoms with E-state index in [9.17, 15) is 18.0 Å². The summed E-state index contributed by atoms with van der Waals surface area (Å²) >= 11 is 6.11. The van der Waals surface area contributed by atoms with Crippen LogP contribution in [0.15, 0.2) is 18.2 Å². The van der Waals surface area contributed by atoms with Crippen molar-refractivity contribution < 1.29 is 22.7 Å². The minimum atomic E-state index is -3.65. The fraction of sp³-hybridized carbons (Fsp3) is 0.467. The zero-order valence-electron chi connectivity index (χ0n) is 12.8. The third-order valence-electron chi connectivity index (χ3n) is 4.02.